The summed E-state index contributed by atoms with van der Waals surface area (Å²) in [7, 11) is 3.95. The molecule has 78 valence electrons. The summed E-state index contributed by atoms with van der Waals surface area (Å²) in [6.45, 7) is 0. The van der Waals surface area contributed by atoms with Crippen LogP contribution in [-0.2, 0) is 11.2 Å². The summed E-state index contributed by atoms with van der Waals surface area (Å²) in [5.74, 6) is 0. The van der Waals surface area contributed by atoms with Crippen LogP contribution in [0.1, 0.15) is 5.56 Å². The smallest absolute Gasteiger partial charge is 0.185 e. The number of carbonyl (C=O) groups excluding carboxylic acids is 1. The molecule has 0 saturated heterocycles. The number of rotatable bonds is 3. The first kappa shape index (κ1) is 10.1. The van der Waals surface area contributed by atoms with E-state index in [1.165, 1.54) is 0 Å². The van der Waals surface area contributed by atoms with Gasteiger partial charge in [0, 0.05) is 20.5 Å². The van der Waals surface area contributed by atoms with Crippen molar-refractivity contribution in [2.45, 2.75) is 6.42 Å². The normalized spacial score (nSPS) is 10.5. The first-order chi connectivity index (χ1) is 7.20. The molecule has 0 aliphatic rings. The van der Waals surface area contributed by atoms with Crippen LogP contribution in [0.4, 0.5) is 5.13 Å². The average molecular weight is 220 g/mol. The summed E-state index contributed by atoms with van der Waals surface area (Å²) in [6.07, 6.45) is 1.38. The third kappa shape index (κ3) is 1.99. The molecule has 2 rings (SSSR count). The lowest BCUT2D eigenvalue weighted by Gasteiger charge is -2.04. The lowest BCUT2D eigenvalue weighted by Crippen LogP contribution is -2.07. The summed E-state index contributed by atoms with van der Waals surface area (Å²) < 4.78 is 1.16. The zero-order chi connectivity index (χ0) is 10.8. The Balaban J connectivity index is 2.47. The van der Waals surface area contributed by atoms with Crippen molar-refractivity contribution in [3.05, 3.63) is 23.8 Å². The molecule has 0 spiro atoms. The van der Waals surface area contributed by atoms with Gasteiger partial charge in [-0.15, -0.1) is 0 Å². The Labute approximate surface area is 92.4 Å². The molecule has 3 nitrogen and oxygen atoms in total. The molecule has 4 heteroatoms. The van der Waals surface area contributed by atoms with Crippen molar-refractivity contribution in [2.24, 2.45) is 0 Å². The molecule has 1 heterocycles. The fraction of sp³-hybridized carbons (Fsp3) is 0.273. The molecule has 0 atom stereocenters. The van der Waals surface area contributed by atoms with Crippen LogP contribution >= 0.6 is 11.3 Å². The molecule has 0 radical (unpaired) electrons. The Morgan fingerprint density at radius 2 is 2.27 bits per heavy atom. The van der Waals surface area contributed by atoms with Gasteiger partial charge in [0.1, 0.15) is 6.29 Å². The molecule has 0 fully saturated rings. The first-order valence-corrected chi connectivity index (χ1v) is 5.53. The molecule has 0 N–H and O–H groups in total. The zero-order valence-electron chi connectivity index (χ0n) is 8.73. The number of carbonyl (C=O) groups is 1. The predicted molar refractivity (Wildman–Crippen MR) is 63.7 cm³/mol. The van der Waals surface area contributed by atoms with Gasteiger partial charge in [-0.05, 0) is 17.7 Å². The molecular weight excluding hydrogens is 208 g/mol. The van der Waals surface area contributed by atoms with Crippen LogP contribution in [0.25, 0.3) is 10.2 Å². The summed E-state index contributed by atoms with van der Waals surface area (Å²) in [6, 6.07) is 5.99. The van der Waals surface area contributed by atoms with Crippen LogP contribution in [0.15, 0.2) is 18.2 Å². The van der Waals surface area contributed by atoms with Crippen LogP contribution in [0.3, 0.4) is 0 Å². The summed E-state index contributed by atoms with van der Waals surface area (Å²) >= 11 is 1.66. The van der Waals surface area contributed by atoms with Gasteiger partial charge in [-0.1, -0.05) is 17.4 Å². The highest BCUT2D eigenvalue weighted by Crippen LogP contribution is 2.28. The van der Waals surface area contributed by atoms with Crippen molar-refractivity contribution in [1.82, 2.24) is 4.98 Å². The zero-order valence-corrected chi connectivity index (χ0v) is 9.54. The molecule has 0 amide bonds. The molecule has 0 bridgehead atoms. The summed E-state index contributed by atoms with van der Waals surface area (Å²) in [4.78, 5) is 16.9. The lowest BCUT2D eigenvalue weighted by molar-refractivity contribution is -0.107. The molecule has 15 heavy (non-hydrogen) atoms. The van der Waals surface area contributed by atoms with Crippen LogP contribution < -0.4 is 4.90 Å². The van der Waals surface area contributed by atoms with Crippen molar-refractivity contribution >= 4 is 33.0 Å². The third-order valence-corrected chi connectivity index (χ3v) is 3.35. The van der Waals surface area contributed by atoms with Gasteiger partial charge in [0.2, 0.25) is 0 Å². The summed E-state index contributed by atoms with van der Waals surface area (Å²) in [5.41, 5.74) is 2.00. The van der Waals surface area contributed by atoms with Gasteiger partial charge < -0.3 is 9.69 Å². The topological polar surface area (TPSA) is 33.2 Å². The van der Waals surface area contributed by atoms with E-state index in [4.69, 9.17) is 0 Å². The van der Waals surface area contributed by atoms with Gasteiger partial charge in [0.05, 0.1) is 10.2 Å². The standard InChI is InChI=1S/C11H12N2OS/c1-13(2)11-12-9-7-8(5-6-14)3-4-10(9)15-11/h3-4,6-7H,5H2,1-2H3. The number of aromatic nitrogens is 1. The van der Waals surface area contributed by atoms with E-state index < -0.39 is 0 Å². The van der Waals surface area contributed by atoms with E-state index in [9.17, 15) is 4.79 Å². The van der Waals surface area contributed by atoms with Gasteiger partial charge in [0.25, 0.3) is 0 Å². The second-order valence-electron chi connectivity index (χ2n) is 3.56. The minimum absolute atomic E-state index is 0.463. The SMILES string of the molecule is CN(C)c1nc2cc(CC=O)ccc2s1. The van der Waals surface area contributed by atoms with Crippen molar-refractivity contribution in [2.75, 3.05) is 19.0 Å². The number of thiazole rings is 1. The molecular formula is C11H12N2OS. The molecule has 0 saturated carbocycles. The monoisotopic (exact) mass is 220 g/mol. The first-order valence-electron chi connectivity index (χ1n) is 4.71. The lowest BCUT2D eigenvalue weighted by atomic mass is 10.1. The third-order valence-electron chi connectivity index (χ3n) is 2.14. The van der Waals surface area contributed by atoms with E-state index in [-0.39, 0.29) is 0 Å². The number of benzene rings is 1. The van der Waals surface area contributed by atoms with Crippen molar-refractivity contribution in [1.29, 1.82) is 0 Å². The van der Waals surface area contributed by atoms with Crippen LogP contribution in [0.2, 0.25) is 0 Å². The average Bonchev–Trinajstić information content (AvgIpc) is 2.61. The molecule has 0 unspecified atom stereocenters. The maximum Gasteiger partial charge on any atom is 0.185 e. The van der Waals surface area contributed by atoms with Gasteiger partial charge in [-0.3, -0.25) is 0 Å². The second-order valence-corrected chi connectivity index (χ2v) is 4.57. The van der Waals surface area contributed by atoms with Gasteiger partial charge >= 0.3 is 0 Å². The van der Waals surface area contributed by atoms with Crippen LogP contribution in [0, 0.1) is 0 Å². The van der Waals surface area contributed by atoms with E-state index in [2.05, 4.69) is 4.98 Å². The van der Waals surface area contributed by atoms with E-state index in [1.54, 1.807) is 11.3 Å². The maximum atomic E-state index is 10.4. The Morgan fingerprint density at radius 3 is 2.93 bits per heavy atom. The number of fused-ring (bicyclic) bond motifs is 1. The Bertz CT molecular complexity index is 490. The fourth-order valence-corrected chi connectivity index (χ4v) is 2.24. The molecule has 0 aliphatic carbocycles. The van der Waals surface area contributed by atoms with Crippen molar-refractivity contribution < 1.29 is 4.79 Å². The van der Waals surface area contributed by atoms with Crippen molar-refractivity contribution in [3.63, 3.8) is 0 Å². The number of nitrogens with zero attached hydrogens (tertiary/aromatic N) is 2. The van der Waals surface area contributed by atoms with Crippen LogP contribution in [-0.4, -0.2) is 25.4 Å². The van der Waals surface area contributed by atoms with E-state index in [1.807, 2.05) is 37.2 Å². The van der Waals surface area contributed by atoms with Gasteiger partial charge in [-0.25, -0.2) is 4.98 Å². The molecule has 0 aliphatic heterocycles. The molecule has 1 aromatic carbocycles. The second kappa shape index (κ2) is 3.98. The minimum Gasteiger partial charge on any atom is -0.354 e. The Kier molecular flexibility index (Phi) is 2.68. The van der Waals surface area contributed by atoms with E-state index in [0.717, 1.165) is 27.2 Å². The highest BCUT2D eigenvalue weighted by Gasteiger charge is 2.05. The van der Waals surface area contributed by atoms with Gasteiger partial charge in [-0.2, -0.15) is 0 Å². The largest absolute Gasteiger partial charge is 0.354 e. The van der Waals surface area contributed by atoms with E-state index >= 15 is 0 Å². The highest BCUT2D eigenvalue weighted by molar-refractivity contribution is 7.22. The molecule has 2 aromatic rings. The fourth-order valence-electron chi connectivity index (χ4n) is 1.38. The number of aldehydes is 1. The quantitative estimate of drug-likeness (QED) is 0.743. The number of hydrogen-bond donors (Lipinski definition) is 0. The summed E-state index contributed by atoms with van der Waals surface area (Å²) in [5, 5.41) is 0.994. The van der Waals surface area contributed by atoms with Crippen LogP contribution in [0.5, 0.6) is 0 Å². The van der Waals surface area contributed by atoms with E-state index in [0.29, 0.717) is 6.42 Å². The predicted octanol–water partition coefficient (Wildman–Crippen LogP) is 2.10. The number of anilines is 1. The van der Waals surface area contributed by atoms with Crippen molar-refractivity contribution in [3.8, 4) is 0 Å². The minimum atomic E-state index is 0.463. The Hall–Kier alpha value is -1.42. The number of hydrogen-bond acceptors (Lipinski definition) is 4. The Morgan fingerprint density at radius 1 is 1.47 bits per heavy atom. The van der Waals surface area contributed by atoms with Gasteiger partial charge in [0.15, 0.2) is 5.13 Å². The maximum absolute atomic E-state index is 10.4. The highest BCUT2D eigenvalue weighted by atomic mass is 32.1. The molecule has 1 aromatic heterocycles.